The van der Waals surface area contributed by atoms with E-state index in [4.69, 9.17) is 4.74 Å². The first kappa shape index (κ1) is 29.0. The van der Waals surface area contributed by atoms with E-state index in [1.54, 1.807) is 13.0 Å². The van der Waals surface area contributed by atoms with Crippen LogP contribution in [0.3, 0.4) is 0 Å². The SMILES string of the molecule is COc1cnc(SC(F)(F)F)cc1-c1cc(C)ncc1C(=O)Nc1nc2ncc(-c3ccc(OC(F)F)cn3)nc2s1. The molecule has 0 saturated carbocycles. The Bertz CT molecular complexity index is 1770. The number of hydrogen-bond acceptors (Lipinski definition) is 11. The van der Waals surface area contributed by atoms with Crippen molar-refractivity contribution in [3.05, 3.63) is 60.3 Å². The van der Waals surface area contributed by atoms with Gasteiger partial charge in [0.2, 0.25) is 0 Å². The standard InChI is InChI=1S/C25H16F5N7O3S2/c1-11-5-13(14-6-19(42-25(28,29)30)33-10-18(14)39-2)15(8-31-11)21(38)37-24-36-20-22(41-24)35-17(9-34-20)16-4-3-12(7-32-16)40-23(26)27/h3-10,23H,1-2H3,(H,34,36,37,38). The second-order valence-corrected chi connectivity index (χ2v) is 10.3. The molecular formula is C25H16F5N7O3S2. The summed E-state index contributed by atoms with van der Waals surface area (Å²) in [5.74, 6) is -0.600. The fraction of sp³-hybridized carbons (Fsp3) is 0.160. The number of methoxy groups -OCH3 is 1. The zero-order valence-corrected chi connectivity index (χ0v) is 22.9. The Hall–Kier alpha value is -4.51. The molecule has 10 nitrogen and oxygen atoms in total. The third-order valence-corrected chi connectivity index (χ3v) is 6.94. The molecule has 0 aliphatic rings. The summed E-state index contributed by atoms with van der Waals surface area (Å²) < 4.78 is 73.4. The van der Waals surface area contributed by atoms with Gasteiger partial charge >= 0.3 is 12.1 Å². The molecule has 0 fully saturated rings. The summed E-state index contributed by atoms with van der Waals surface area (Å²) in [6, 6.07) is 5.49. The summed E-state index contributed by atoms with van der Waals surface area (Å²) in [6.07, 6.45) is 4.96. The maximum Gasteiger partial charge on any atom is 0.447 e. The van der Waals surface area contributed by atoms with Crippen LogP contribution in [0.2, 0.25) is 0 Å². The van der Waals surface area contributed by atoms with Gasteiger partial charge in [0.15, 0.2) is 15.6 Å². The second-order valence-electron chi connectivity index (χ2n) is 8.26. The number of aromatic nitrogens is 6. The molecule has 0 saturated heterocycles. The lowest BCUT2D eigenvalue weighted by Gasteiger charge is -2.14. The van der Waals surface area contributed by atoms with Crippen LogP contribution >= 0.6 is 23.1 Å². The van der Waals surface area contributed by atoms with E-state index in [9.17, 15) is 26.7 Å². The number of thioether (sulfide) groups is 1. The first-order valence-corrected chi connectivity index (χ1v) is 13.3. The Morgan fingerprint density at radius 2 is 1.79 bits per heavy atom. The Morgan fingerprint density at radius 1 is 0.976 bits per heavy atom. The highest BCUT2D eigenvalue weighted by atomic mass is 32.2. The number of alkyl halides is 5. The van der Waals surface area contributed by atoms with Crippen LogP contribution in [0, 0.1) is 6.92 Å². The normalized spacial score (nSPS) is 11.6. The maximum absolute atomic E-state index is 13.4. The molecular weight excluding hydrogens is 605 g/mol. The van der Waals surface area contributed by atoms with Gasteiger partial charge in [-0.05, 0) is 31.2 Å². The van der Waals surface area contributed by atoms with E-state index >= 15 is 0 Å². The lowest BCUT2D eigenvalue weighted by atomic mass is 10.0. The number of aryl methyl sites for hydroxylation is 1. The van der Waals surface area contributed by atoms with Crippen molar-refractivity contribution in [2.24, 2.45) is 0 Å². The fourth-order valence-electron chi connectivity index (χ4n) is 3.70. The number of nitrogens with one attached hydrogen (secondary N) is 1. The quantitative estimate of drug-likeness (QED) is 0.154. The third kappa shape index (κ3) is 6.68. The summed E-state index contributed by atoms with van der Waals surface area (Å²) >= 11 is 0.619. The number of carbonyl (C=O) groups excluding carboxylic acids is 1. The molecule has 216 valence electrons. The summed E-state index contributed by atoms with van der Waals surface area (Å²) in [5.41, 5.74) is -2.63. The summed E-state index contributed by atoms with van der Waals surface area (Å²) in [5, 5.41) is 2.47. The number of hydrogen-bond donors (Lipinski definition) is 1. The fourth-order valence-corrected chi connectivity index (χ4v) is 5.01. The molecule has 0 aliphatic carbocycles. The van der Waals surface area contributed by atoms with E-state index in [-0.39, 0.29) is 44.0 Å². The van der Waals surface area contributed by atoms with Gasteiger partial charge < -0.3 is 9.47 Å². The van der Waals surface area contributed by atoms with Crippen LogP contribution in [0.1, 0.15) is 16.1 Å². The van der Waals surface area contributed by atoms with Gasteiger partial charge in [-0.3, -0.25) is 20.1 Å². The maximum atomic E-state index is 13.4. The highest BCUT2D eigenvalue weighted by molar-refractivity contribution is 8.00. The number of anilines is 1. The molecule has 1 amide bonds. The number of nitrogens with zero attached hydrogens (tertiary/aromatic N) is 6. The van der Waals surface area contributed by atoms with Crippen molar-refractivity contribution in [1.29, 1.82) is 0 Å². The average Bonchev–Trinajstić information content (AvgIpc) is 3.33. The van der Waals surface area contributed by atoms with Gasteiger partial charge in [0.25, 0.3) is 5.91 Å². The Kier molecular flexibility index (Phi) is 8.13. The van der Waals surface area contributed by atoms with Gasteiger partial charge in [-0.1, -0.05) is 11.3 Å². The number of carbonyl (C=O) groups is 1. The Balaban J connectivity index is 1.43. The van der Waals surface area contributed by atoms with E-state index < -0.39 is 29.8 Å². The zero-order valence-electron chi connectivity index (χ0n) is 21.3. The molecule has 42 heavy (non-hydrogen) atoms. The Labute approximate surface area is 241 Å². The summed E-state index contributed by atoms with van der Waals surface area (Å²) in [7, 11) is 1.33. The average molecular weight is 622 g/mol. The van der Waals surface area contributed by atoms with E-state index in [0.717, 1.165) is 23.7 Å². The molecule has 0 radical (unpaired) electrons. The van der Waals surface area contributed by atoms with Crippen molar-refractivity contribution in [2.45, 2.75) is 24.1 Å². The number of rotatable bonds is 8. The van der Waals surface area contributed by atoms with Crippen molar-refractivity contribution in [1.82, 2.24) is 29.9 Å². The molecule has 5 aromatic rings. The minimum Gasteiger partial charge on any atom is -0.494 e. The summed E-state index contributed by atoms with van der Waals surface area (Å²) in [4.78, 5) is 38.7. The molecule has 1 N–H and O–H groups in total. The van der Waals surface area contributed by atoms with Crippen LogP contribution in [-0.2, 0) is 0 Å². The predicted octanol–water partition coefficient (Wildman–Crippen LogP) is 6.39. The van der Waals surface area contributed by atoms with Gasteiger partial charge in [-0.2, -0.15) is 26.9 Å². The van der Waals surface area contributed by atoms with Crippen molar-refractivity contribution >= 4 is 44.6 Å². The highest BCUT2D eigenvalue weighted by Gasteiger charge is 2.31. The van der Waals surface area contributed by atoms with Crippen molar-refractivity contribution in [3.63, 3.8) is 0 Å². The number of amides is 1. The monoisotopic (exact) mass is 621 g/mol. The van der Waals surface area contributed by atoms with Crippen LogP contribution in [0.5, 0.6) is 11.5 Å². The zero-order chi connectivity index (χ0) is 30.0. The minimum absolute atomic E-state index is 0.0456. The van der Waals surface area contributed by atoms with Crippen molar-refractivity contribution in [2.75, 3.05) is 12.4 Å². The van der Waals surface area contributed by atoms with Crippen LogP contribution < -0.4 is 14.8 Å². The molecule has 5 aromatic heterocycles. The van der Waals surface area contributed by atoms with Gasteiger partial charge in [-0.25, -0.2) is 15.0 Å². The molecule has 0 aromatic carbocycles. The lowest BCUT2D eigenvalue weighted by Crippen LogP contribution is -2.14. The van der Waals surface area contributed by atoms with Crippen LogP contribution in [0.25, 0.3) is 33.0 Å². The van der Waals surface area contributed by atoms with E-state index in [2.05, 4.69) is 40.0 Å². The summed E-state index contributed by atoms with van der Waals surface area (Å²) in [6.45, 7) is -1.31. The number of ether oxygens (including phenoxy) is 2. The van der Waals surface area contributed by atoms with Crippen molar-refractivity contribution < 1.29 is 36.2 Å². The van der Waals surface area contributed by atoms with Gasteiger partial charge in [0.05, 0.1) is 37.0 Å². The number of fused-ring (bicyclic) bond motifs is 1. The second kappa shape index (κ2) is 11.8. The van der Waals surface area contributed by atoms with Crippen LogP contribution in [-0.4, -0.2) is 55.0 Å². The Morgan fingerprint density at radius 3 is 2.48 bits per heavy atom. The van der Waals surface area contributed by atoms with E-state index in [0.29, 0.717) is 21.9 Å². The van der Waals surface area contributed by atoms with Crippen molar-refractivity contribution in [3.8, 4) is 34.0 Å². The molecule has 0 bridgehead atoms. The van der Waals surface area contributed by atoms with Crippen LogP contribution in [0.15, 0.2) is 54.1 Å². The largest absolute Gasteiger partial charge is 0.494 e. The molecule has 0 atom stereocenters. The highest BCUT2D eigenvalue weighted by Crippen LogP contribution is 2.40. The smallest absolute Gasteiger partial charge is 0.447 e. The molecule has 5 heterocycles. The van der Waals surface area contributed by atoms with Gasteiger partial charge in [0.1, 0.15) is 22.2 Å². The minimum atomic E-state index is -4.57. The van der Waals surface area contributed by atoms with Crippen LogP contribution in [0.4, 0.5) is 27.1 Å². The predicted molar refractivity (Wildman–Crippen MR) is 144 cm³/mol. The number of pyridine rings is 3. The third-order valence-electron chi connectivity index (χ3n) is 5.43. The number of thiazole rings is 1. The molecule has 0 unspecified atom stereocenters. The van der Waals surface area contributed by atoms with Gasteiger partial charge in [-0.15, -0.1) is 0 Å². The first-order chi connectivity index (χ1) is 20.0. The van der Waals surface area contributed by atoms with Gasteiger partial charge in [0, 0.05) is 34.8 Å². The first-order valence-electron chi connectivity index (χ1n) is 11.6. The molecule has 5 rings (SSSR count). The van der Waals surface area contributed by atoms with E-state index in [1.165, 1.54) is 37.7 Å². The lowest BCUT2D eigenvalue weighted by molar-refractivity contribution is -0.0501. The molecule has 17 heteroatoms. The molecule has 0 aliphatic heterocycles. The topological polar surface area (TPSA) is 125 Å². The molecule has 0 spiro atoms. The van der Waals surface area contributed by atoms with E-state index in [1.807, 2.05) is 0 Å². The number of halogens is 5.